The van der Waals surface area contributed by atoms with Crippen molar-refractivity contribution in [1.29, 1.82) is 0 Å². The molecular formula is C33H25NO5. The summed E-state index contributed by atoms with van der Waals surface area (Å²) < 4.78 is 11.5. The fourth-order valence-electron chi connectivity index (χ4n) is 6.40. The number of fused-ring (bicyclic) bond motifs is 7. The minimum atomic E-state index is -0.874. The van der Waals surface area contributed by atoms with Crippen molar-refractivity contribution in [3.05, 3.63) is 108 Å². The molecule has 39 heavy (non-hydrogen) atoms. The van der Waals surface area contributed by atoms with Gasteiger partial charge in [-0.1, -0.05) is 72.8 Å². The van der Waals surface area contributed by atoms with Crippen molar-refractivity contribution in [2.75, 3.05) is 11.5 Å². The average Bonchev–Trinajstić information content (AvgIpc) is 3.23. The highest BCUT2D eigenvalue weighted by Crippen LogP contribution is 2.55. The Morgan fingerprint density at radius 2 is 1.51 bits per heavy atom. The number of hydrogen-bond donors (Lipinski definition) is 0. The lowest BCUT2D eigenvalue weighted by Gasteiger charge is -2.38. The molecule has 2 aliphatic heterocycles. The number of carbonyl (C=O) groups excluding carboxylic acids is 3. The Bertz CT molecular complexity index is 1670. The third-order valence-corrected chi connectivity index (χ3v) is 8.08. The maximum Gasteiger partial charge on any atom is 0.319 e. The number of carbonyl (C=O) groups is 3. The zero-order valence-electron chi connectivity index (χ0n) is 21.2. The molecule has 0 radical (unpaired) electrons. The van der Waals surface area contributed by atoms with E-state index in [4.69, 9.17) is 9.47 Å². The average molecular weight is 516 g/mol. The van der Waals surface area contributed by atoms with E-state index in [0.717, 1.165) is 27.5 Å². The first-order valence-corrected chi connectivity index (χ1v) is 13.2. The van der Waals surface area contributed by atoms with Gasteiger partial charge in [-0.25, -0.2) is 4.90 Å². The molecule has 2 heterocycles. The van der Waals surface area contributed by atoms with Gasteiger partial charge < -0.3 is 9.47 Å². The fraction of sp³-hybridized carbons (Fsp3) is 0.182. The van der Waals surface area contributed by atoms with Crippen molar-refractivity contribution in [2.24, 2.45) is 17.8 Å². The van der Waals surface area contributed by atoms with Gasteiger partial charge >= 0.3 is 5.97 Å². The Hall–Kier alpha value is -4.71. The van der Waals surface area contributed by atoms with Gasteiger partial charge in [-0.05, 0) is 47.7 Å². The van der Waals surface area contributed by atoms with Crippen LogP contribution >= 0.6 is 0 Å². The van der Waals surface area contributed by atoms with E-state index in [0.29, 0.717) is 23.8 Å². The van der Waals surface area contributed by atoms with Gasteiger partial charge in [0.1, 0.15) is 11.5 Å². The lowest BCUT2D eigenvalue weighted by molar-refractivity contribution is -0.142. The molecule has 1 aliphatic carbocycles. The first kappa shape index (κ1) is 23.4. The third kappa shape index (κ3) is 3.52. The minimum Gasteiger partial charge on any atom is -0.494 e. The van der Waals surface area contributed by atoms with Gasteiger partial charge in [0.25, 0.3) is 0 Å². The normalized spacial score (nSPS) is 23.6. The van der Waals surface area contributed by atoms with E-state index in [2.05, 4.69) is 0 Å². The van der Waals surface area contributed by atoms with Crippen LogP contribution in [0.2, 0.25) is 0 Å². The largest absolute Gasteiger partial charge is 0.494 e. The molecule has 0 unspecified atom stereocenters. The number of esters is 1. The van der Waals surface area contributed by atoms with Crippen LogP contribution in [-0.4, -0.2) is 24.4 Å². The molecule has 6 nitrogen and oxygen atoms in total. The Balaban J connectivity index is 1.39. The SMILES string of the molecule is CCOc1ccc(N2C(=O)[C@@H]3[C@@H]4C(=O)Oc5c(ccc6ccccc56)C4=C[C@@H](c4ccccc4)[C@@H]3C2=O)cc1. The molecule has 0 bridgehead atoms. The Labute approximate surface area is 225 Å². The molecule has 0 N–H and O–H groups in total. The van der Waals surface area contributed by atoms with Gasteiger partial charge in [-0.15, -0.1) is 0 Å². The predicted octanol–water partition coefficient (Wildman–Crippen LogP) is 5.76. The highest BCUT2D eigenvalue weighted by atomic mass is 16.5. The third-order valence-electron chi connectivity index (χ3n) is 8.08. The molecule has 0 aromatic heterocycles. The van der Waals surface area contributed by atoms with E-state index in [9.17, 15) is 14.4 Å². The molecule has 4 aromatic carbocycles. The zero-order chi connectivity index (χ0) is 26.7. The number of rotatable bonds is 4. The molecule has 7 rings (SSSR count). The standard InChI is InChI=1S/C33H25NO5/c1-2-38-22-15-13-21(14-16-22)34-31(35)27-25(19-8-4-3-5-9-19)18-26-24-17-12-20-10-6-7-11-23(20)30(24)39-33(37)28(26)29(27)32(34)36/h3-18,25,27-29H,2H2,1H3/t25-,27-,28+,29-/m0/s1. The van der Waals surface area contributed by atoms with Crippen LogP contribution in [0.15, 0.2) is 97.1 Å². The van der Waals surface area contributed by atoms with Crippen LogP contribution < -0.4 is 14.4 Å². The van der Waals surface area contributed by atoms with Crippen LogP contribution in [0.4, 0.5) is 5.69 Å². The molecule has 1 fully saturated rings. The highest BCUT2D eigenvalue weighted by molar-refractivity contribution is 6.24. The number of hydrogen-bond acceptors (Lipinski definition) is 5. The second kappa shape index (κ2) is 8.95. The number of nitrogens with zero attached hydrogens (tertiary/aromatic N) is 1. The van der Waals surface area contributed by atoms with E-state index in [1.54, 1.807) is 24.3 Å². The number of allylic oxidation sites excluding steroid dienone is 1. The number of ether oxygens (including phenoxy) is 2. The number of amides is 2. The number of anilines is 1. The van der Waals surface area contributed by atoms with Crippen molar-refractivity contribution in [1.82, 2.24) is 0 Å². The highest BCUT2D eigenvalue weighted by Gasteiger charge is 2.60. The summed E-state index contributed by atoms with van der Waals surface area (Å²) >= 11 is 0. The second-order valence-corrected chi connectivity index (χ2v) is 10.1. The van der Waals surface area contributed by atoms with E-state index < -0.39 is 23.7 Å². The van der Waals surface area contributed by atoms with Gasteiger partial charge in [0.05, 0.1) is 30.0 Å². The quantitative estimate of drug-likeness (QED) is 0.196. The van der Waals surface area contributed by atoms with Gasteiger partial charge in [0, 0.05) is 16.9 Å². The summed E-state index contributed by atoms with van der Waals surface area (Å²) in [6.07, 6.45) is 2.02. The van der Waals surface area contributed by atoms with Crippen LogP contribution in [0, 0.1) is 17.8 Å². The first-order chi connectivity index (χ1) is 19.1. The summed E-state index contributed by atoms with van der Waals surface area (Å²) in [5.41, 5.74) is 2.93. The van der Waals surface area contributed by atoms with Crippen LogP contribution in [0.25, 0.3) is 16.3 Å². The van der Waals surface area contributed by atoms with Crippen molar-refractivity contribution >= 4 is 39.8 Å². The molecular weight excluding hydrogens is 490 g/mol. The van der Waals surface area contributed by atoms with Gasteiger partial charge in [-0.2, -0.15) is 0 Å². The van der Waals surface area contributed by atoms with E-state index in [1.807, 2.05) is 79.7 Å². The maximum absolute atomic E-state index is 14.1. The first-order valence-electron chi connectivity index (χ1n) is 13.2. The van der Waals surface area contributed by atoms with Crippen LogP contribution in [0.3, 0.4) is 0 Å². The van der Waals surface area contributed by atoms with Gasteiger partial charge in [0.15, 0.2) is 0 Å². The Morgan fingerprint density at radius 1 is 0.795 bits per heavy atom. The summed E-state index contributed by atoms with van der Waals surface area (Å²) in [7, 11) is 0. The summed E-state index contributed by atoms with van der Waals surface area (Å²) in [5.74, 6) is -2.88. The molecule has 0 spiro atoms. The summed E-state index contributed by atoms with van der Waals surface area (Å²) in [4.78, 5) is 43.0. The van der Waals surface area contributed by atoms with Crippen molar-refractivity contribution in [3.8, 4) is 11.5 Å². The predicted molar refractivity (Wildman–Crippen MR) is 147 cm³/mol. The molecule has 3 aliphatic rings. The van der Waals surface area contributed by atoms with Crippen LogP contribution in [-0.2, 0) is 14.4 Å². The summed E-state index contributed by atoms with van der Waals surface area (Å²) in [5, 5.41) is 1.80. The molecule has 4 aromatic rings. The Morgan fingerprint density at radius 3 is 2.28 bits per heavy atom. The van der Waals surface area contributed by atoms with E-state index in [-0.39, 0.29) is 17.7 Å². The topological polar surface area (TPSA) is 72.9 Å². The van der Waals surface area contributed by atoms with E-state index >= 15 is 0 Å². The molecule has 2 amide bonds. The number of imide groups is 1. The van der Waals surface area contributed by atoms with Crippen molar-refractivity contribution in [2.45, 2.75) is 12.8 Å². The molecule has 6 heteroatoms. The van der Waals surface area contributed by atoms with Gasteiger partial charge in [0.2, 0.25) is 11.8 Å². The summed E-state index contributed by atoms with van der Waals surface area (Å²) in [6.45, 7) is 2.41. The van der Waals surface area contributed by atoms with Crippen molar-refractivity contribution < 1.29 is 23.9 Å². The zero-order valence-corrected chi connectivity index (χ0v) is 21.2. The van der Waals surface area contributed by atoms with Crippen molar-refractivity contribution in [3.63, 3.8) is 0 Å². The Kier molecular flexibility index (Phi) is 5.37. The molecule has 4 atom stereocenters. The summed E-state index contributed by atoms with van der Waals surface area (Å²) in [6, 6.07) is 28.4. The number of benzene rings is 4. The molecule has 1 saturated heterocycles. The molecule has 0 saturated carbocycles. The van der Waals surface area contributed by atoms with E-state index in [1.165, 1.54) is 4.90 Å². The molecule has 192 valence electrons. The fourth-order valence-corrected chi connectivity index (χ4v) is 6.40. The van der Waals surface area contributed by atoms with Crippen LogP contribution in [0.5, 0.6) is 11.5 Å². The lowest BCUT2D eigenvalue weighted by atomic mass is 9.64. The van der Waals surface area contributed by atoms with Crippen LogP contribution in [0.1, 0.15) is 24.0 Å². The smallest absolute Gasteiger partial charge is 0.319 e. The maximum atomic E-state index is 14.1. The minimum absolute atomic E-state index is 0.310. The lowest BCUT2D eigenvalue weighted by Crippen LogP contribution is -2.42. The van der Waals surface area contributed by atoms with Gasteiger partial charge in [-0.3, -0.25) is 14.4 Å². The second-order valence-electron chi connectivity index (χ2n) is 10.1. The monoisotopic (exact) mass is 515 g/mol.